The predicted molar refractivity (Wildman–Crippen MR) is 76.3 cm³/mol. The Morgan fingerprint density at radius 2 is 2.29 bits per heavy atom. The van der Waals surface area contributed by atoms with Crippen LogP contribution in [0, 0.1) is 10.1 Å². The van der Waals surface area contributed by atoms with Crippen LogP contribution in [0.15, 0.2) is 29.4 Å². The number of imidazole rings is 1. The van der Waals surface area contributed by atoms with Crippen molar-refractivity contribution in [1.29, 1.82) is 0 Å². The summed E-state index contributed by atoms with van der Waals surface area (Å²) in [6.07, 6.45) is 5.39. The molecule has 0 radical (unpaired) electrons. The molecule has 2 rings (SSSR count). The van der Waals surface area contributed by atoms with Gasteiger partial charge in [-0.2, -0.15) is 0 Å². The van der Waals surface area contributed by atoms with Gasteiger partial charge in [-0.1, -0.05) is 0 Å². The maximum Gasteiger partial charge on any atom is 0.356 e. The summed E-state index contributed by atoms with van der Waals surface area (Å²) in [5.74, 6) is -1.10. The zero-order valence-corrected chi connectivity index (χ0v) is 12.1. The van der Waals surface area contributed by atoms with Crippen LogP contribution in [-0.4, -0.2) is 37.1 Å². The molecule has 0 saturated carbocycles. The van der Waals surface area contributed by atoms with Gasteiger partial charge in [0.1, 0.15) is 11.9 Å². The highest BCUT2D eigenvalue weighted by Gasteiger charge is 2.16. The molecule has 0 aliphatic carbocycles. The number of nitro groups is 1. The maximum absolute atomic E-state index is 10.9. The molecule has 21 heavy (non-hydrogen) atoms. The van der Waals surface area contributed by atoms with E-state index in [1.54, 1.807) is 4.57 Å². The number of carboxylic acids is 1. The Bertz CT molecular complexity index is 687. The minimum atomic E-state index is -1.10. The fraction of sp³-hybridized carbons (Fsp3) is 0.182. The Balaban J connectivity index is 2.03. The van der Waals surface area contributed by atoms with Crippen LogP contribution in [-0.2, 0) is 6.54 Å². The van der Waals surface area contributed by atoms with E-state index in [0.29, 0.717) is 23.2 Å². The number of hydrogen-bond acceptors (Lipinski definition) is 6. The van der Waals surface area contributed by atoms with Gasteiger partial charge in [-0.3, -0.25) is 15.1 Å². The lowest BCUT2D eigenvalue weighted by atomic mass is 10.3. The topological polar surface area (TPSA) is 123 Å². The minimum Gasteiger partial charge on any atom is -0.476 e. The van der Waals surface area contributed by atoms with E-state index in [2.05, 4.69) is 31.2 Å². The standard InChI is InChI=1S/C11H10BrN5O4/c12-7-3-13-4-9(17(20)21)10(7)14-1-2-16-5-8(11(18)19)15-6-16/h3-6H,1-2H2,(H,13,14)(H,18,19). The predicted octanol–water partition coefficient (Wildman–Crippen LogP) is 1.76. The van der Waals surface area contributed by atoms with E-state index < -0.39 is 10.9 Å². The molecule has 0 amide bonds. The molecular weight excluding hydrogens is 346 g/mol. The molecule has 10 heteroatoms. The van der Waals surface area contributed by atoms with Crippen LogP contribution in [0.2, 0.25) is 0 Å². The van der Waals surface area contributed by atoms with E-state index in [1.807, 2.05) is 0 Å². The Kier molecular flexibility index (Phi) is 4.48. The van der Waals surface area contributed by atoms with E-state index in [0.717, 1.165) is 6.20 Å². The number of nitrogens with one attached hydrogen (secondary N) is 1. The number of carboxylic acid groups (broad SMARTS) is 1. The molecule has 0 saturated heterocycles. The molecule has 2 N–H and O–H groups in total. The van der Waals surface area contributed by atoms with E-state index in [-0.39, 0.29) is 11.4 Å². The second kappa shape index (κ2) is 6.31. The third kappa shape index (κ3) is 3.54. The Morgan fingerprint density at radius 3 is 2.90 bits per heavy atom. The van der Waals surface area contributed by atoms with Crippen molar-refractivity contribution in [2.24, 2.45) is 0 Å². The molecular formula is C11H10BrN5O4. The van der Waals surface area contributed by atoms with Crippen molar-refractivity contribution < 1.29 is 14.8 Å². The molecule has 0 fully saturated rings. The number of aromatic carboxylic acids is 1. The SMILES string of the molecule is O=C(O)c1cn(CCNc2c(Br)cncc2[N+](=O)[O-])cn1. The number of carbonyl (C=O) groups is 1. The van der Waals surface area contributed by atoms with Crippen molar-refractivity contribution in [1.82, 2.24) is 14.5 Å². The lowest BCUT2D eigenvalue weighted by Crippen LogP contribution is -2.11. The Labute approximate surface area is 126 Å². The summed E-state index contributed by atoms with van der Waals surface area (Å²) >= 11 is 3.20. The lowest BCUT2D eigenvalue weighted by Gasteiger charge is -2.08. The average molecular weight is 356 g/mol. The quantitative estimate of drug-likeness (QED) is 0.597. The van der Waals surface area contributed by atoms with Crippen LogP contribution < -0.4 is 5.32 Å². The van der Waals surface area contributed by atoms with Gasteiger partial charge in [-0.25, -0.2) is 9.78 Å². The fourth-order valence-electron chi connectivity index (χ4n) is 1.64. The smallest absolute Gasteiger partial charge is 0.356 e. The molecule has 0 aromatic carbocycles. The number of hydrogen-bond donors (Lipinski definition) is 2. The minimum absolute atomic E-state index is 0.0499. The Morgan fingerprint density at radius 1 is 1.52 bits per heavy atom. The molecule has 110 valence electrons. The maximum atomic E-state index is 10.9. The third-order valence-electron chi connectivity index (χ3n) is 2.60. The van der Waals surface area contributed by atoms with Gasteiger partial charge in [0.2, 0.25) is 0 Å². The summed E-state index contributed by atoms with van der Waals surface area (Å²) in [4.78, 5) is 28.5. The molecule has 9 nitrogen and oxygen atoms in total. The molecule has 0 unspecified atom stereocenters. The number of rotatable bonds is 6. The van der Waals surface area contributed by atoms with Gasteiger partial charge in [0.15, 0.2) is 5.69 Å². The van der Waals surface area contributed by atoms with Crippen LogP contribution in [0.1, 0.15) is 10.5 Å². The number of pyridine rings is 1. The second-order valence-corrected chi connectivity index (χ2v) is 4.86. The molecule has 0 spiro atoms. The zero-order valence-electron chi connectivity index (χ0n) is 10.6. The van der Waals surface area contributed by atoms with Crippen molar-refractivity contribution in [3.63, 3.8) is 0 Å². The fourth-order valence-corrected chi connectivity index (χ4v) is 2.10. The summed E-state index contributed by atoms with van der Waals surface area (Å²) in [5.41, 5.74) is 0.140. The number of halogens is 1. The highest BCUT2D eigenvalue weighted by Crippen LogP contribution is 2.30. The average Bonchev–Trinajstić information content (AvgIpc) is 2.89. The van der Waals surface area contributed by atoms with Gasteiger partial charge in [-0.15, -0.1) is 0 Å². The van der Waals surface area contributed by atoms with Crippen molar-refractivity contribution >= 4 is 33.3 Å². The van der Waals surface area contributed by atoms with Crippen molar-refractivity contribution in [3.05, 3.63) is 45.2 Å². The van der Waals surface area contributed by atoms with Gasteiger partial charge in [0, 0.05) is 25.5 Å². The summed E-state index contributed by atoms with van der Waals surface area (Å²) in [7, 11) is 0. The van der Waals surface area contributed by atoms with Gasteiger partial charge >= 0.3 is 11.7 Å². The largest absolute Gasteiger partial charge is 0.476 e. The van der Waals surface area contributed by atoms with E-state index >= 15 is 0 Å². The first-order valence-corrected chi connectivity index (χ1v) is 6.55. The first kappa shape index (κ1) is 14.9. The van der Waals surface area contributed by atoms with Crippen molar-refractivity contribution in [3.8, 4) is 0 Å². The lowest BCUT2D eigenvalue weighted by molar-refractivity contribution is -0.384. The van der Waals surface area contributed by atoms with Crippen LogP contribution in [0.4, 0.5) is 11.4 Å². The first-order valence-electron chi connectivity index (χ1n) is 5.76. The number of nitrogens with zero attached hydrogens (tertiary/aromatic N) is 4. The number of anilines is 1. The first-order chi connectivity index (χ1) is 9.99. The molecule has 0 aliphatic heterocycles. The van der Waals surface area contributed by atoms with E-state index in [4.69, 9.17) is 5.11 Å². The molecule has 0 aliphatic rings. The Hall–Kier alpha value is -2.49. The van der Waals surface area contributed by atoms with Gasteiger partial charge < -0.3 is 15.0 Å². The second-order valence-electron chi connectivity index (χ2n) is 4.00. The van der Waals surface area contributed by atoms with Gasteiger partial charge in [0.25, 0.3) is 0 Å². The van der Waals surface area contributed by atoms with E-state index in [9.17, 15) is 14.9 Å². The summed E-state index contributed by atoms with van der Waals surface area (Å²) < 4.78 is 2.06. The monoisotopic (exact) mass is 355 g/mol. The highest BCUT2D eigenvalue weighted by atomic mass is 79.9. The zero-order chi connectivity index (χ0) is 15.4. The van der Waals surface area contributed by atoms with Crippen molar-refractivity contribution in [2.45, 2.75) is 6.54 Å². The summed E-state index contributed by atoms with van der Waals surface area (Å²) in [6.45, 7) is 0.769. The third-order valence-corrected chi connectivity index (χ3v) is 3.20. The summed E-state index contributed by atoms with van der Waals surface area (Å²) in [5, 5.41) is 22.6. The molecule has 2 heterocycles. The normalized spacial score (nSPS) is 10.3. The van der Waals surface area contributed by atoms with Crippen LogP contribution >= 0.6 is 15.9 Å². The summed E-state index contributed by atoms with van der Waals surface area (Å²) in [6, 6.07) is 0. The van der Waals surface area contributed by atoms with Crippen LogP contribution in [0.3, 0.4) is 0 Å². The molecule has 0 bridgehead atoms. The van der Waals surface area contributed by atoms with Gasteiger partial charge in [-0.05, 0) is 15.9 Å². The molecule has 0 atom stereocenters. The number of aromatic nitrogens is 3. The van der Waals surface area contributed by atoms with Gasteiger partial charge in [0.05, 0.1) is 15.7 Å². The molecule has 2 aromatic rings. The van der Waals surface area contributed by atoms with Crippen LogP contribution in [0.25, 0.3) is 0 Å². The van der Waals surface area contributed by atoms with E-state index in [1.165, 1.54) is 18.7 Å². The van der Waals surface area contributed by atoms with Crippen molar-refractivity contribution in [2.75, 3.05) is 11.9 Å². The van der Waals surface area contributed by atoms with Crippen LogP contribution in [0.5, 0.6) is 0 Å². The molecule has 2 aromatic heterocycles. The highest BCUT2D eigenvalue weighted by molar-refractivity contribution is 9.10.